The molecular formula is C21H23N. The first-order valence-corrected chi connectivity index (χ1v) is 7.99. The Morgan fingerprint density at radius 1 is 1.00 bits per heavy atom. The lowest BCUT2D eigenvalue weighted by Gasteiger charge is -2.25. The first kappa shape index (κ1) is 14.8. The lowest BCUT2D eigenvalue weighted by atomic mass is 9.85. The Labute approximate surface area is 133 Å². The quantitative estimate of drug-likeness (QED) is 0.844. The van der Waals surface area contributed by atoms with Crippen LogP contribution in [-0.4, -0.2) is 0 Å². The van der Waals surface area contributed by atoms with E-state index in [9.17, 15) is 0 Å². The van der Waals surface area contributed by atoms with Crippen molar-refractivity contribution in [1.82, 2.24) is 0 Å². The van der Waals surface area contributed by atoms with Crippen molar-refractivity contribution in [3.8, 4) is 11.1 Å². The molecule has 0 spiro atoms. The Morgan fingerprint density at radius 3 is 2.41 bits per heavy atom. The monoisotopic (exact) mass is 289 g/mol. The highest BCUT2D eigenvalue weighted by atomic mass is 14.7. The average Bonchev–Trinajstić information content (AvgIpc) is 2.89. The molecule has 2 aromatic carbocycles. The minimum absolute atomic E-state index is 0.473. The zero-order valence-electron chi connectivity index (χ0n) is 13.3. The third-order valence-corrected chi connectivity index (χ3v) is 4.29. The van der Waals surface area contributed by atoms with Crippen molar-refractivity contribution in [3.63, 3.8) is 0 Å². The van der Waals surface area contributed by atoms with Crippen LogP contribution in [0.1, 0.15) is 31.4 Å². The van der Waals surface area contributed by atoms with Gasteiger partial charge in [-0.1, -0.05) is 79.6 Å². The van der Waals surface area contributed by atoms with Crippen LogP contribution in [0.4, 0.5) is 0 Å². The van der Waals surface area contributed by atoms with E-state index in [2.05, 4.69) is 74.5 Å². The molecule has 0 unspecified atom stereocenters. The molecule has 0 saturated carbocycles. The van der Waals surface area contributed by atoms with E-state index in [4.69, 9.17) is 5.73 Å². The maximum atomic E-state index is 6.69. The van der Waals surface area contributed by atoms with Gasteiger partial charge in [0.15, 0.2) is 0 Å². The Balaban J connectivity index is 2.12. The summed E-state index contributed by atoms with van der Waals surface area (Å²) in [4.78, 5) is 0. The fourth-order valence-electron chi connectivity index (χ4n) is 3.19. The highest BCUT2D eigenvalue weighted by molar-refractivity contribution is 5.66. The van der Waals surface area contributed by atoms with Gasteiger partial charge < -0.3 is 5.73 Å². The second-order valence-electron chi connectivity index (χ2n) is 6.14. The molecule has 1 nitrogen and oxygen atoms in total. The summed E-state index contributed by atoms with van der Waals surface area (Å²) in [6.07, 6.45) is 8.58. The smallest absolute Gasteiger partial charge is 0.0794 e. The van der Waals surface area contributed by atoms with Gasteiger partial charge in [0.25, 0.3) is 0 Å². The van der Waals surface area contributed by atoms with Crippen LogP contribution in [0.2, 0.25) is 0 Å². The van der Waals surface area contributed by atoms with E-state index in [1.165, 1.54) is 27.8 Å². The Kier molecular flexibility index (Phi) is 4.00. The minimum Gasteiger partial charge on any atom is -0.315 e. The van der Waals surface area contributed by atoms with Crippen molar-refractivity contribution in [3.05, 3.63) is 83.5 Å². The molecule has 1 aliphatic rings. The molecular weight excluding hydrogens is 266 g/mol. The van der Waals surface area contributed by atoms with Crippen molar-refractivity contribution >= 4 is 0 Å². The predicted molar refractivity (Wildman–Crippen MR) is 94.6 cm³/mol. The predicted octanol–water partition coefficient (Wildman–Crippen LogP) is 4.98. The van der Waals surface area contributed by atoms with Gasteiger partial charge in [0.1, 0.15) is 0 Å². The molecule has 0 saturated heterocycles. The Bertz CT molecular complexity index is 725. The first-order valence-electron chi connectivity index (χ1n) is 7.99. The van der Waals surface area contributed by atoms with Gasteiger partial charge >= 0.3 is 0 Å². The summed E-state index contributed by atoms with van der Waals surface area (Å²) in [6.45, 7) is 4.31. The van der Waals surface area contributed by atoms with Crippen molar-refractivity contribution in [2.45, 2.75) is 32.2 Å². The minimum atomic E-state index is -0.473. The highest BCUT2D eigenvalue weighted by Gasteiger charge is 2.27. The molecule has 22 heavy (non-hydrogen) atoms. The Hall–Kier alpha value is -2.12. The number of benzene rings is 2. The van der Waals surface area contributed by atoms with E-state index in [0.29, 0.717) is 0 Å². The molecule has 1 aliphatic carbocycles. The lowest BCUT2D eigenvalue weighted by molar-refractivity contribution is 0.704. The number of hydrogen-bond acceptors (Lipinski definition) is 1. The molecule has 112 valence electrons. The Morgan fingerprint density at radius 2 is 1.77 bits per heavy atom. The standard InChI is InChI=1S/C21H23N/c1-3-7-18-10-11-19(17-8-5-4-6-9-17)14-20(18)21(22)13-12-16(2)15-21/h4-6,8-15H,3,7,22H2,1-2H3/t21-/m0/s1. The van der Waals surface area contributed by atoms with Crippen LogP contribution in [-0.2, 0) is 12.0 Å². The van der Waals surface area contributed by atoms with Gasteiger partial charge in [-0.15, -0.1) is 0 Å². The molecule has 2 aromatic rings. The lowest BCUT2D eigenvalue weighted by Crippen LogP contribution is -2.32. The van der Waals surface area contributed by atoms with Gasteiger partial charge in [-0.3, -0.25) is 0 Å². The van der Waals surface area contributed by atoms with Gasteiger partial charge in [0.05, 0.1) is 5.54 Å². The van der Waals surface area contributed by atoms with Crippen molar-refractivity contribution in [1.29, 1.82) is 0 Å². The first-order chi connectivity index (χ1) is 10.6. The molecule has 0 heterocycles. The number of nitrogens with two attached hydrogens (primary N) is 1. The van der Waals surface area contributed by atoms with Crippen LogP contribution in [0.3, 0.4) is 0 Å². The number of aryl methyl sites for hydroxylation is 1. The molecule has 0 radical (unpaired) electrons. The number of hydrogen-bond donors (Lipinski definition) is 1. The molecule has 0 fully saturated rings. The molecule has 2 N–H and O–H groups in total. The summed E-state index contributed by atoms with van der Waals surface area (Å²) >= 11 is 0. The summed E-state index contributed by atoms with van der Waals surface area (Å²) in [5.74, 6) is 0. The molecule has 0 amide bonds. The SMILES string of the molecule is CCCc1ccc(-c2ccccc2)cc1[C@]1(N)C=CC(C)=C1. The van der Waals surface area contributed by atoms with E-state index in [1.54, 1.807) is 0 Å². The van der Waals surface area contributed by atoms with Crippen LogP contribution >= 0.6 is 0 Å². The molecule has 0 aromatic heterocycles. The van der Waals surface area contributed by atoms with Crippen LogP contribution < -0.4 is 5.73 Å². The van der Waals surface area contributed by atoms with Gasteiger partial charge in [-0.2, -0.15) is 0 Å². The second-order valence-corrected chi connectivity index (χ2v) is 6.14. The third kappa shape index (κ3) is 2.77. The van der Waals surface area contributed by atoms with Crippen LogP contribution in [0.25, 0.3) is 11.1 Å². The fraction of sp³-hybridized carbons (Fsp3) is 0.238. The maximum absolute atomic E-state index is 6.69. The molecule has 0 aliphatic heterocycles. The highest BCUT2D eigenvalue weighted by Crippen LogP contribution is 2.34. The number of rotatable bonds is 4. The van der Waals surface area contributed by atoms with Crippen LogP contribution in [0.5, 0.6) is 0 Å². The average molecular weight is 289 g/mol. The molecule has 1 heteroatoms. The van der Waals surface area contributed by atoms with E-state index in [1.807, 2.05) is 6.07 Å². The van der Waals surface area contributed by atoms with E-state index in [-0.39, 0.29) is 0 Å². The summed E-state index contributed by atoms with van der Waals surface area (Å²) in [5, 5.41) is 0. The zero-order chi connectivity index (χ0) is 15.6. The van der Waals surface area contributed by atoms with Crippen molar-refractivity contribution in [2.75, 3.05) is 0 Å². The van der Waals surface area contributed by atoms with Gasteiger partial charge in [0, 0.05) is 0 Å². The fourth-order valence-corrected chi connectivity index (χ4v) is 3.19. The second kappa shape index (κ2) is 5.94. The molecule has 0 bridgehead atoms. The van der Waals surface area contributed by atoms with Crippen LogP contribution in [0, 0.1) is 0 Å². The van der Waals surface area contributed by atoms with E-state index >= 15 is 0 Å². The van der Waals surface area contributed by atoms with Crippen molar-refractivity contribution < 1.29 is 0 Å². The summed E-state index contributed by atoms with van der Waals surface area (Å²) in [5.41, 5.74) is 12.5. The number of allylic oxidation sites excluding steroid dienone is 2. The summed E-state index contributed by atoms with van der Waals surface area (Å²) in [6, 6.07) is 17.2. The summed E-state index contributed by atoms with van der Waals surface area (Å²) in [7, 11) is 0. The largest absolute Gasteiger partial charge is 0.315 e. The van der Waals surface area contributed by atoms with Gasteiger partial charge in [-0.05, 0) is 41.7 Å². The topological polar surface area (TPSA) is 26.0 Å². The summed E-state index contributed by atoms with van der Waals surface area (Å²) < 4.78 is 0. The van der Waals surface area contributed by atoms with Crippen LogP contribution in [0.15, 0.2) is 72.3 Å². The molecule has 3 rings (SSSR count). The zero-order valence-corrected chi connectivity index (χ0v) is 13.3. The van der Waals surface area contributed by atoms with Crippen molar-refractivity contribution in [2.24, 2.45) is 5.73 Å². The third-order valence-electron chi connectivity index (χ3n) is 4.29. The van der Waals surface area contributed by atoms with Gasteiger partial charge in [-0.25, -0.2) is 0 Å². The molecule has 1 atom stereocenters. The van der Waals surface area contributed by atoms with E-state index < -0.39 is 5.54 Å². The van der Waals surface area contributed by atoms with E-state index in [0.717, 1.165) is 12.8 Å². The normalized spacial score (nSPS) is 20.2. The van der Waals surface area contributed by atoms with Gasteiger partial charge in [0.2, 0.25) is 0 Å². The maximum Gasteiger partial charge on any atom is 0.0794 e.